The van der Waals surface area contributed by atoms with Gasteiger partial charge in [0.1, 0.15) is 11.5 Å². The zero-order valence-electron chi connectivity index (χ0n) is 14.4. The van der Waals surface area contributed by atoms with Gasteiger partial charge in [0, 0.05) is 24.3 Å². The molecule has 25 heavy (non-hydrogen) atoms. The van der Waals surface area contributed by atoms with Crippen molar-refractivity contribution in [2.45, 2.75) is 32.6 Å². The van der Waals surface area contributed by atoms with Gasteiger partial charge in [0.05, 0.1) is 12.4 Å². The monoisotopic (exact) mass is 338 g/mol. The maximum atomic E-state index is 12.3. The number of hydrogen-bond acceptors (Lipinski definition) is 5. The van der Waals surface area contributed by atoms with E-state index in [4.69, 9.17) is 0 Å². The Morgan fingerprint density at radius 2 is 1.64 bits per heavy atom. The molecule has 0 unspecified atom stereocenters. The maximum absolute atomic E-state index is 12.3. The van der Waals surface area contributed by atoms with Crippen LogP contribution in [0.25, 0.3) is 0 Å². The van der Waals surface area contributed by atoms with Crippen LogP contribution in [0.15, 0.2) is 36.7 Å². The lowest BCUT2D eigenvalue weighted by Gasteiger charge is -2.20. The number of aromatic nitrogens is 2. The van der Waals surface area contributed by atoms with Crippen molar-refractivity contribution in [1.82, 2.24) is 9.97 Å². The van der Waals surface area contributed by atoms with Gasteiger partial charge in [-0.15, -0.1) is 0 Å². The van der Waals surface area contributed by atoms with E-state index in [9.17, 15) is 9.59 Å². The molecule has 3 rings (SSSR count). The number of carbonyl (C=O) groups is 2. The summed E-state index contributed by atoms with van der Waals surface area (Å²) < 4.78 is 0. The summed E-state index contributed by atoms with van der Waals surface area (Å²) in [6.07, 6.45) is 8.03. The first-order valence-electron chi connectivity index (χ1n) is 8.63. The molecule has 2 aromatic rings. The highest BCUT2D eigenvalue weighted by molar-refractivity contribution is 6.03. The SMILES string of the molecule is CC(=O)c1ccc(NC(=O)c2cnc(N3CCCCCC3)cn2)cc1. The Bertz CT molecular complexity index is 733. The molecule has 2 heterocycles. The number of anilines is 2. The third-order valence-electron chi connectivity index (χ3n) is 4.35. The molecule has 1 aromatic carbocycles. The smallest absolute Gasteiger partial charge is 0.275 e. The summed E-state index contributed by atoms with van der Waals surface area (Å²) >= 11 is 0. The van der Waals surface area contributed by atoms with E-state index >= 15 is 0 Å². The summed E-state index contributed by atoms with van der Waals surface area (Å²) in [5.74, 6) is 0.502. The fourth-order valence-electron chi connectivity index (χ4n) is 2.88. The van der Waals surface area contributed by atoms with Crippen LogP contribution in [0.1, 0.15) is 53.5 Å². The second-order valence-electron chi connectivity index (χ2n) is 6.25. The molecular weight excluding hydrogens is 316 g/mol. The minimum absolute atomic E-state index is 0.00663. The zero-order valence-corrected chi connectivity index (χ0v) is 14.4. The fourth-order valence-corrected chi connectivity index (χ4v) is 2.88. The number of nitrogens with zero attached hydrogens (tertiary/aromatic N) is 3. The Morgan fingerprint density at radius 3 is 2.20 bits per heavy atom. The molecule has 0 bridgehead atoms. The zero-order chi connectivity index (χ0) is 17.6. The molecular formula is C19H22N4O2. The normalized spacial score (nSPS) is 14.7. The van der Waals surface area contributed by atoms with Crippen LogP contribution in [0, 0.1) is 0 Å². The van der Waals surface area contributed by atoms with Gasteiger partial charge in [-0.25, -0.2) is 9.97 Å². The molecule has 1 aromatic heterocycles. The fraction of sp³-hybridized carbons (Fsp3) is 0.368. The highest BCUT2D eigenvalue weighted by atomic mass is 16.2. The van der Waals surface area contributed by atoms with Crippen molar-refractivity contribution in [2.24, 2.45) is 0 Å². The molecule has 0 atom stereocenters. The van der Waals surface area contributed by atoms with Crippen LogP contribution >= 0.6 is 0 Å². The van der Waals surface area contributed by atoms with Crippen LogP contribution in [-0.4, -0.2) is 34.7 Å². The summed E-state index contributed by atoms with van der Waals surface area (Å²) in [4.78, 5) is 34.4. The van der Waals surface area contributed by atoms with Gasteiger partial charge < -0.3 is 10.2 Å². The van der Waals surface area contributed by atoms with Gasteiger partial charge in [0.25, 0.3) is 5.91 Å². The summed E-state index contributed by atoms with van der Waals surface area (Å²) in [6, 6.07) is 6.78. The van der Waals surface area contributed by atoms with E-state index < -0.39 is 0 Å². The molecule has 1 fully saturated rings. The molecule has 1 N–H and O–H groups in total. The van der Waals surface area contributed by atoms with E-state index in [-0.39, 0.29) is 17.4 Å². The van der Waals surface area contributed by atoms with E-state index in [0.717, 1.165) is 18.9 Å². The summed E-state index contributed by atoms with van der Waals surface area (Å²) in [5.41, 5.74) is 1.50. The lowest BCUT2D eigenvalue weighted by Crippen LogP contribution is -2.25. The number of Topliss-reactive ketones (excluding diaryl/α,β-unsaturated/α-hetero) is 1. The van der Waals surface area contributed by atoms with E-state index in [0.29, 0.717) is 11.3 Å². The first kappa shape index (κ1) is 17.1. The van der Waals surface area contributed by atoms with Gasteiger partial charge in [-0.1, -0.05) is 12.8 Å². The molecule has 0 aliphatic carbocycles. The summed E-state index contributed by atoms with van der Waals surface area (Å²) in [6.45, 7) is 3.49. The van der Waals surface area contributed by atoms with Crippen molar-refractivity contribution in [3.63, 3.8) is 0 Å². The number of nitrogens with one attached hydrogen (secondary N) is 1. The van der Waals surface area contributed by atoms with Gasteiger partial charge >= 0.3 is 0 Å². The van der Waals surface area contributed by atoms with Crippen LogP contribution in [0.3, 0.4) is 0 Å². The molecule has 1 saturated heterocycles. The minimum atomic E-state index is -0.314. The number of carbonyl (C=O) groups excluding carboxylic acids is 2. The van der Waals surface area contributed by atoms with Gasteiger partial charge in [-0.3, -0.25) is 9.59 Å². The molecule has 1 aliphatic rings. The van der Waals surface area contributed by atoms with Crippen LogP contribution in [-0.2, 0) is 0 Å². The quantitative estimate of drug-likeness (QED) is 0.866. The van der Waals surface area contributed by atoms with E-state index in [1.54, 1.807) is 30.5 Å². The van der Waals surface area contributed by atoms with Crippen molar-refractivity contribution in [3.05, 3.63) is 47.9 Å². The number of benzene rings is 1. The molecule has 1 aliphatic heterocycles. The molecule has 1 amide bonds. The van der Waals surface area contributed by atoms with Crippen molar-refractivity contribution >= 4 is 23.2 Å². The third kappa shape index (κ3) is 4.41. The predicted octanol–water partition coefficient (Wildman–Crippen LogP) is 3.31. The molecule has 0 saturated carbocycles. The molecule has 130 valence electrons. The molecule has 0 spiro atoms. The van der Waals surface area contributed by atoms with Gasteiger partial charge in [-0.05, 0) is 44.0 Å². The van der Waals surface area contributed by atoms with Gasteiger partial charge in [-0.2, -0.15) is 0 Å². The Balaban J connectivity index is 1.64. The number of rotatable bonds is 4. The van der Waals surface area contributed by atoms with Crippen molar-refractivity contribution in [3.8, 4) is 0 Å². The number of ketones is 1. The first-order chi connectivity index (χ1) is 12.1. The Labute approximate surface area is 147 Å². The molecule has 6 heteroatoms. The second-order valence-corrected chi connectivity index (χ2v) is 6.25. The highest BCUT2D eigenvalue weighted by Gasteiger charge is 2.13. The van der Waals surface area contributed by atoms with Gasteiger partial charge in [0.2, 0.25) is 0 Å². The third-order valence-corrected chi connectivity index (χ3v) is 4.35. The standard InChI is InChI=1S/C19H22N4O2/c1-14(24)15-6-8-16(9-7-15)22-19(25)17-12-21-18(13-20-17)23-10-4-2-3-5-11-23/h6-9,12-13H,2-5,10-11H2,1H3,(H,22,25). The number of amides is 1. The Hall–Kier alpha value is -2.76. The predicted molar refractivity (Wildman–Crippen MR) is 97.1 cm³/mol. The van der Waals surface area contributed by atoms with Crippen molar-refractivity contribution < 1.29 is 9.59 Å². The van der Waals surface area contributed by atoms with Crippen LogP contribution in [0.2, 0.25) is 0 Å². The Morgan fingerprint density at radius 1 is 0.960 bits per heavy atom. The highest BCUT2D eigenvalue weighted by Crippen LogP contribution is 2.17. The van der Waals surface area contributed by atoms with Crippen LogP contribution in [0.4, 0.5) is 11.5 Å². The lowest BCUT2D eigenvalue weighted by molar-refractivity contribution is 0.101. The average molecular weight is 338 g/mol. The lowest BCUT2D eigenvalue weighted by atomic mass is 10.1. The molecule has 6 nitrogen and oxygen atoms in total. The largest absolute Gasteiger partial charge is 0.355 e. The number of hydrogen-bond donors (Lipinski definition) is 1. The first-order valence-corrected chi connectivity index (χ1v) is 8.63. The Kier molecular flexibility index (Phi) is 5.38. The van der Waals surface area contributed by atoms with Crippen LogP contribution in [0.5, 0.6) is 0 Å². The van der Waals surface area contributed by atoms with E-state index in [1.165, 1.54) is 38.8 Å². The minimum Gasteiger partial charge on any atom is -0.355 e. The average Bonchev–Trinajstić information content (AvgIpc) is 2.92. The summed E-state index contributed by atoms with van der Waals surface area (Å²) in [7, 11) is 0. The maximum Gasteiger partial charge on any atom is 0.275 e. The van der Waals surface area contributed by atoms with Crippen LogP contribution < -0.4 is 10.2 Å². The topological polar surface area (TPSA) is 75.2 Å². The second kappa shape index (κ2) is 7.88. The van der Waals surface area contributed by atoms with Crippen molar-refractivity contribution in [2.75, 3.05) is 23.3 Å². The van der Waals surface area contributed by atoms with Gasteiger partial charge in [0.15, 0.2) is 5.78 Å². The van der Waals surface area contributed by atoms with Crippen molar-refractivity contribution in [1.29, 1.82) is 0 Å². The molecule has 0 radical (unpaired) electrons. The van der Waals surface area contributed by atoms with E-state index in [2.05, 4.69) is 20.2 Å². The summed E-state index contributed by atoms with van der Waals surface area (Å²) in [5, 5.41) is 2.77. The van der Waals surface area contributed by atoms with E-state index in [1.807, 2.05) is 0 Å².